The van der Waals surface area contributed by atoms with Crippen molar-refractivity contribution in [2.75, 3.05) is 0 Å². The first-order valence-corrected chi connectivity index (χ1v) is 5.44. The summed E-state index contributed by atoms with van der Waals surface area (Å²) in [7, 11) is 0. The fourth-order valence-electron chi connectivity index (χ4n) is 1.93. The van der Waals surface area contributed by atoms with Crippen LogP contribution in [0.15, 0.2) is 41.6 Å². The molecule has 2 rings (SSSR count). The zero-order chi connectivity index (χ0) is 13.3. The van der Waals surface area contributed by atoms with E-state index in [4.69, 9.17) is 5.73 Å². The highest BCUT2D eigenvalue weighted by molar-refractivity contribution is 6.01. The molecule has 1 aliphatic carbocycles. The largest absolute Gasteiger partial charge is 0.401 e. The molecule has 92 valence electrons. The molecule has 2 N–H and O–H groups in total. The van der Waals surface area contributed by atoms with E-state index in [-0.39, 0.29) is 11.5 Å². The van der Waals surface area contributed by atoms with Gasteiger partial charge in [0, 0.05) is 29.8 Å². The van der Waals surface area contributed by atoms with Crippen molar-refractivity contribution in [3.05, 3.63) is 57.3 Å². The zero-order valence-electron chi connectivity index (χ0n) is 9.84. The minimum absolute atomic E-state index is 0.0464. The van der Waals surface area contributed by atoms with E-state index in [2.05, 4.69) is 0 Å². The van der Waals surface area contributed by atoms with Gasteiger partial charge in [-0.05, 0) is 36.3 Å². The first kappa shape index (κ1) is 12.0. The van der Waals surface area contributed by atoms with E-state index in [1.165, 1.54) is 19.1 Å². The molecule has 1 aromatic carbocycles. The predicted octanol–water partition coefficient (Wildman–Crippen LogP) is 2.18. The fourth-order valence-corrected chi connectivity index (χ4v) is 1.93. The molecule has 0 saturated carbocycles. The van der Waals surface area contributed by atoms with Crippen LogP contribution in [0.4, 0.5) is 5.69 Å². The molecule has 0 heterocycles. The molecule has 0 fully saturated rings. The summed E-state index contributed by atoms with van der Waals surface area (Å²) in [6.45, 7) is 1.47. The molecule has 0 aromatic heterocycles. The van der Waals surface area contributed by atoms with Crippen LogP contribution >= 0.6 is 0 Å². The van der Waals surface area contributed by atoms with Crippen LogP contribution in [0.3, 0.4) is 0 Å². The third-order valence-electron chi connectivity index (χ3n) is 2.87. The van der Waals surface area contributed by atoms with Crippen LogP contribution in [0.1, 0.15) is 18.9 Å². The number of hydrogen-bond acceptors (Lipinski definition) is 4. The van der Waals surface area contributed by atoms with Gasteiger partial charge in [-0.25, -0.2) is 0 Å². The SMILES string of the molecule is CC(=O)C1=C(N)CC(c2ccc([N+](=O)[O-])cc2)=C1. The Morgan fingerprint density at radius 1 is 1.33 bits per heavy atom. The standard InChI is InChI=1S/C13H12N2O3/c1-8(16)12-6-10(7-13(12)14)9-2-4-11(5-3-9)15(17)18/h2-6H,7,14H2,1H3. The normalized spacial score (nSPS) is 14.6. The van der Waals surface area contributed by atoms with Crippen LogP contribution in [0.2, 0.25) is 0 Å². The number of non-ortho nitro benzene ring substituents is 1. The van der Waals surface area contributed by atoms with Gasteiger partial charge in [-0.15, -0.1) is 0 Å². The van der Waals surface area contributed by atoms with Gasteiger partial charge in [0.25, 0.3) is 5.69 Å². The maximum absolute atomic E-state index is 11.3. The van der Waals surface area contributed by atoms with Gasteiger partial charge in [0.1, 0.15) is 0 Å². The van der Waals surface area contributed by atoms with Gasteiger partial charge in [-0.1, -0.05) is 0 Å². The summed E-state index contributed by atoms with van der Waals surface area (Å²) in [5.41, 5.74) is 8.67. The molecular weight excluding hydrogens is 232 g/mol. The lowest BCUT2D eigenvalue weighted by atomic mass is 10.0. The second kappa shape index (κ2) is 4.44. The second-order valence-electron chi connectivity index (χ2n) is 4.15. The molecule has 0 radical (unpaired) electrons. The Balaban J connectivity index is 2.28. The van der Waals surface area contributed by atoms with E-state index < -0.39 is 4.92 Å². The molecule has 0 atom stereocenters. The van der Waals surface area contributed by atoms with Crippen LogP contribution < -0.4 is 5.73 Å². The van der Waals surface area contributed by atoms with Crippen LogP contribution in [-0.2, 0) is 4.79 Å². The molecule has 0 unspecified atom stereocenters. The molecule has 0 saturated heterocycles. The summed E-state index contributed by atoms with van der Waals surface area (Å²) in [4.78, 5) is 21.4. The highest BCUT2D eigenvalue weighted by atomic mass is 16.6. The molecule has 5 nitrogen and oxygen atoms in total. The minimum Gasteiger partial charge on any atom is -0.401 e. The Morgan fingerprint density at radius 3 is 2.39 bits per heavy atom. The Bertz CT molecular complexity index is 583. The van der Waals surface area contributed by atoms with E-state index in [1.54, 1.807) is 18.2 Å². The van der Waals surface area contributed by atoms with Crippen LogP contribution in [0.25, 0.3) is 5.57 Å². The van der Waals surface area contributed by atoms with Crippen molar-refractivity contribution >= 4 is 17.0 Å². The van der Waals surface area contributed by atoms with Crippen molar-refractivity contribution in [2.24, 2.45) is 5.73 Å². The molecule has 5 heteroatoms. The van der Waals surface area contributed by atoms with Crippen LogP contribution in [0, 0.1) is 10.1 Å². The van der Waals surface area contributed by atoms with Crippen molar-refractivity contribution in [1.82, 2.24) is 0 Å². The van der Waals surface area contributed by atoms with E-state index in [9.17, 15) is 14.9 Å². The average Bonchev–Trinajstić information content (AvgIpc) is 2.71. The van der Waals surface area contributed by atoms with Gasteiger partial charge in [0.2, 0.25) is 0 Å². The summed E-state index contributed by atoms with van der Waals surface area (Å²) >= 11 is 0. The van der Waals surface area contributed by atoms with Crippen molar-refractivity contribution in [3.8, 4) is 0 Å². The number of allylic oxidation sites excluding steroid dienone is 3. The van der Waals surface area contributed by atoms with Gasteiger partial charge >= 0.3 is 0 Å². The van der Waals surface area contributed by atoms with E-state index in [0.717, 1.165) is 11.1 Å². The van der Waals surface area contributed by atoms with Crippen molar-refractivity contribution in [3.63, 3.8) is 0 Å². The van der Waals surface area contributed by atoms with Crippen molar-refractivity contribution in [2.45, 2.75) is 13.3 Å². The first-order chi connectivity index (χ1) is 8.49. The number of nitro groups is 1. The Hall–Kier alpha value is -2.43. The summed E-state index contributed by atoms with van der Waals surface area (Å²) in [5.74, 6) is -0.0654. The lowest BCUT2D eigenvalue weighted by Gasteiger charge is -2.02. The lowest BCUT2D eigenvalue weighted by molar-refractivity contribution is -0.384. The number of ketones is 1. The predicted molar refractivity (Wildman–Crippen MR) is 67.6 cm³/mol. The molecule has 0 amide bonds. The van der Waals surface area contributed by atoms with Gasteiger partial charge in [0.05, 0.1) is 4.92 Å². The molecule has 0 aliphatic heterocycles. The third-order valence-corrected chi connectivity index (χ3v) is 2.87. The summed E-state index contributed by atoms with van der Waals surface area (Å²) in [6.07, 6.45) is 2.26. The fraction of sp³-hybridized carbons (Fsp3) is 0.154. The average molecular weight is 244 g/mol. The Morgan fingerprint density at radius 2 is 1.94 bits per heavy atom. The molecule has 0 bridgehead atoms. The smallest absolute Gasteiger partial charge is 0.269 e. The second-order valence-corrected chi connectivity index (χ2v) is 4.15. The number of Topliss-reactive ketones (excluding diaryl/α,β-unsaturated/α-hetero) is 1. The number of rotatable bonds is 3. The van der Waals surface area contributed by atoms with Crippen molar-refractivity contribution in [1.29, 1.82) is 0 Å². The first-order valence-electron chi connectivity index (χ1n) is 5.44. The quantitative estimate of drug-likeness (QED) is 0.652. The highest BCUT2D eigenvalue weighted by Crippen LogP contribution is 2.31. The topological polar surface area (TPSA) is 86.2 Å². The summed E-state index contributed by atoms with van der Waals surface area (Å²) < 4.78 is 0. The van der Waals surface area contributed by atoms with Gasteiger partial charge in [-0.2, -0.15) is 0 Å². The molecule has 1 aromatic rings. The molecular formula is C13H12N2O3. The van der Waals surface area contributed by atoms with E-state index in [1.807, 2.05) is 0 Å². The molecule has 0 spiro atoms. The molecule has 18 heavy (non-hydrogen) atoms. The summed E-state index contributed by atoms with van der Waals surface area (Å²) in [5, 5.41) is 10.5. The summed E-state index contributed by atoms with van der Waals surface area (Å²) in [6, 6.07) is 6.22. The van der Waals surface area contributed by atoms with Gasteiger partial charge < -0.3 is 5.73 Å². The number of nitrogens with zero attached hydrogens (tertiary/aromatic N) is 1. The van der Waals surface area contributed by atoms with Crippen molar-refractivity contribution < 1.29 is 9.72 Å². The minimum atomic E-state index is -0.444. The maximum atomic E-state index is 11.3. The number of carbonyl (C=O) groups excluding carboxylic acids is 1. The van der Waals surface area contributed by atoms with E-state index >= 15 is 0 Å². The van der Waals surface area contributed by atoms with Crippen LogP contribution in [0.5, 0.6) is 0 Å². The highest BCUT2D eigenvalue weighted by Gasteiger charge is 2.18. The lowest BCUT2D eigenvalue weighted by Crippen LogP contribution is -2.02. The number of nitrogens with two attached hydrogens (primary N) is 1. The van der Waals surface area contributed by atoms with Gasteiger partial charge in [0.15, 0.2) is 5.78 Å². The monoisotopic (exact) mass is 244 g/mol. The third kappa shape index (κ3) is 2.15. The maximum Gasteiger partial charge on any atom is 0.269 e. The van der Waals surface area contributed by atoms with Gasteiger partial charge in [-0.3, -0.25) is 14.9 Å². The number of carbonyl (C=O) groups is 1. The zero-order valence-corrected chi connectivity index (χ0v) is 9.84. The Labute approximate surface area is 104 Å². The van der Waals surface area contributed by atoms with E-state index in [0.29, 0.717) is 17.7 Å². The molecule has 1 aliphatic rings. The number of hydrogen-bond donors (Lipinski definition) is 1. The Kier molecular flexibility index (Phi) is 2.97. The van der Waals surface area contributed by atoms with Crippen LogP contribution in [-0.4, -0.2) is 10.7 Å². The number of nitro benzene ring substituents is 1. The number of benzene rings is 1.